The maximum absolute atomic E-state index is 12.6. The number of nitriles is 1. The molecule has 2 heterocycles. The van der Waals surface area contributed by atoms with Gasteiger partial charge in [0.05, 0.1) is 25.0 Å². The van der Waals surface area contributed by atoms with Crippen molar-refractivity contribution in [2.24, 2.45) is 0 Å². The molecule has 0 spiro atoms. The molecule has 1 aromatic heterocycles. The van der Waals surface area contributed by atoms with Crippen LogP contribution in [0.25, 0.3) is 5.69 Å². The van der Waals surface area contributed by atoms with E-state index in [4.69, 9.17) is 0 Å². The molecule has 3 rings (SSSR count). The van der Waals surface area contributed by atoms with Crippen LogP contribution in [0.1, 0.15) is 18.9 Å². The van der Waals surface area contributed by atoms with Crippen LogP contribution in [0.5, 0.6) is 0 Å². The molecule has 0 aliphatic carbocycles. The molecule has 1 saturated heterocycles. The second-order valence-corrected chi connectivity index (χ2v) is 7.22. The van der Waals surface area contributed by atoms with Gasteiger partial charge in [0.2, 0.25) is 11.8 Å². The van der Waals surface area contributed by atoms with Gasteiger partial charge in [-0.05, 0) is 18.6 Å². The van der Waals surface area contributed by atoms with Crippen LogP contribution in [-0.4, -0.2) is 77.2 Å². The third-order valence-corrected chi connectivity index (χ3v) is 4.92. The molecule has 1 aromatic carbocycles. The number of amides is 2. The summed E-state index contributed by atoms with van der Waals surface area (Å²) in [6.45, 7) is 6.22. The van der Waals surface area contributed by atoms with E-state index in [1.54, 1.807) is 4.68 Å². The second kappa shape index (κ2) is 10.5. The van der Waals surface area contributed by atoms with E-state index in [9.17, 15) is 14.9 Å². The molecule has 0 unspecified atom stereocenters. The molecule has 0 atom stereocenters. The summed E-state index contributed by atoms with van der Waals surface area (Å²) in [5, 5.41) is 19.3. The highest BCUT2D eigenvalue weighted by Gasteiger charge is 2.22. The molecule has 0 bridgehead atoms. The zero-order valence-electron chi connectivity index (χ0n) is 17.2. The maximum atomic E-state index is 12.6. The zero-order chi connectivity index (χ0) is 21.3. The Bertz CT molecular complexity index is 896. The van der Waals surface area contributed by atoms with Gasteiger partial charge in [0.15, 0.2) is 5.82 Å². The Morgan fingerprint density at radius 1 is 1.07 bits per heavy atom. The SMILES string of the molecule is CCCNC(=O)CN1CCN(CC(=O)Nc2c(C#N)cnn2-c2ccccc2)CC1. The van der Waals surface area contributed by atoms with Gasteiger partial charge in [-0.1, -0.05) is 25.1 Å². The highest BCUT2D eigenvalue weighted by atomic mass is 16.2. The summed E-state index contributed by atoms with van der Waals surface area (Å²) in [4.78, 5) is 28.6. The van der Waals surface area contributed by atoms with Gasteiger partial charge >= 0.3 is 0 Å². The van der Waals surface area contributed by atoms with Crippen LogP contribution in [-0.2, 0) is 9.59 Å². The van der Waals surface area contributed by atoms with Crippen LogP contribution < -0.4 is 10.6 Å². The van der Waals surface area contributed by atoms with Gasteiger partial charge in [0, 0.05) is 32.7 Å². The zero-order valence-corrected chi connectivity index (χ0v) is 17.2. The van der Waals surface area contributed by atoms with E-state index in [0.717, 1.165) is 25.2 Å². The second-order valence-electron chi connectivity index (χ2n) is 7.22. The van der Waals surface area contributed by atoms with Gasteiger partial charge in [-0.2, -0.15) is 10.4 Å². The topological polar surface area (TPSA) is 106 Å². The first kappa shape index (κ1) is 21.5. The van der Waals surface area contributed by atoms with Crippen LogP contribution in [0.3, 0.4) is 0 Å². The summed E-state index contributed by atoms with van der Waals surface area (Å²) < 4.78 is 1.56. The number of rotatable bonds is 8. The van der Waals surface area contributed by atoms with E-state index in [-0.39, 0.29) is 18.4 Å². The summed E-state index contributed by atoms with van der Waals surface area (Å²) in [7, 11) is 0. The van der Waals surface area contributed by atoms with E-state index in [0.29, 0.717) is 37.6 Å². The number of carbonyl (C=O) groups excluding carboxylic acids is 2. The lowest BCUT2D eigenvalue weighted by Gasteiger charge is -2.33. The van der Waals surface area contributed by atoms with Gasteiger partial charge in [0.25, 0.3) is 0 Å². The molecular formula is C21H27N7O2. The molecule has 9 heteroatoms. The molecule has 0 radical (unpaired) electrons. The number of piperazine rings is 1. The minimum Gasteiger partial charge on any atom is -0.355 e. The summed E-state index contributed by atoms with van der Waals surface area (Å²) in [6, 6.07) is 11.4. The minimum atomic E-state index is -0.196. The van der Waals surface area contributed by atoms with Crippen molar-refractivity contribution in [1.82, 2.24) is 24.9 Å². The number of nitrogens with zero attached hydrogens (tertiary/aromatic N) is 5. The maximum Gasteiger partial charge on any atom is 0.239 e. The van der Waals surface area contributed by atoms with Crippen molar-refractivity contribution in [3.8, 4) is 11.8 Å². The standard InChI is InChI=1S/C21H27N7O2/c1-2-8-23-19(29)15-26-9-11-27(12-10-26)16-20(30)25-21-17(13-22)14-24-28(21)18-6-4-3-5-7-18/h3-7,14H,2,8-12,15-16H2,1H3,(H,23,29)(H,25,30). The van der Waals surface area contributed by atoms with E-state index in [1.807, 2.05) is 42.2 Å². The fraction of sp³-hybridized carbons (Fsp3) is 0.429. The van der Waals surface area contributed by atoms with Crippen molar-refractivity contribution < 1.29 is 9.59 Å². The van der Waals surface area contributed by atoms with Gasteiger partial charge < -0.3 is 10.6 Å². The highest BCUT2D eigenvalue weighted by molar-refractivity contribution is 5.93. The average molecular weight is 409 g/mol. The monoisotopic (exact) mass is 409 g/mol. The normalized spacial score (nSPS) is 14.8. The van der Waals surface area contributed by atoms with Gasteiger partial charge in [-0.25, -0.2) is 4.68 Å². The van der Waals surface area contributed by atoms with Crippen molar-refractivity contribution in [3.63, 3.8) is 0 Å². The predicted molar refractivity (Wildman–Crippen MR) is 113 cm³/mol. The highest BCUT2D eigenvalue weighted by Crippen LogP contribution is 2.19. The fourth-order valence-corrected chi connectivity index (χ4v) is 3.32. The predicted octanol–water partition coefficient (Wildman–Crippen LogP) is 0.826. The number of hydrogen-bond acceptors (Lipinski definition) is 6. The lowest BCUT2D eigenvalue weighted by atomic mass is 10.3. The average Bonchev–Trinajstić information content (AvgIpc) is 3.16. The number of anilines is 1. The van der Waals surface area contributed by atoms with Gasteiger partial charge in [0.1, 0.15) is 11.6 Å². The lowest BCUT2D eigenvalue weighted by Crippen LogP contribution is -2.51. The number of nitrogens with one attached hydrogen (secondary N) is 2. The van der Waals surface area contributed by atoms with Crippen molar-refractivity contribution in [3.05, 3.63) is 42.1 Å². The van der Waals surface area contributed by atoms with Crippen molar-refractivity contribution in [1.29, 1.82) is 5.26 Å². The van der Waals surface area contributed by atoms with Crippen LogP contribution in [0.15, 0.2) is 36.5 Å². The molecule has 0 saturated carbocycles. The lowest BCUT2D eigenvalue weighted by molar-refractivity contribution is -0.123. The van der Waals surface area contributed by atoms with Crippen LogP contribution >= 0.6 is 0 Å². The molecule has 9 nitrogen and oxygen atoms in total. The Labute approximate surface area is 176 Å². The molecule has 1 aliphatic heterocycles. The Morgan fingerprint density at radius 3 is 2.30 bits per heavy atom. The largest absolute Gasteiger partial charge is 0.355 e. The number of carbonyl (C=O) groups is 2. The molecule has 158 valence electrons. The third-order valence-electron chi connectivity index (χ3n) is 4.92. The molecule has 1 aliphatic rings. The van der Waals surface area contributed by atoms with Gasteiger partial charge in [-0.15, -0.1) is 0 Å². The Morgan fingerprint density at radius 2 is 1.70 bits per heavy atom. The molecule has 1 fully saturated rings. The van der Waals surface area contributed by atoms with Crippen molar-refractivity contribution in [2.75, 3.05) is 51.1 Å². The summed E-state index contributed by atoms with van der Waals surface area (Å²) in [5.41, 5.74) is 1.08. The van der Waals surface area contributed by atoms with E-state index in [2.05, 4.69) is 26.7 Å². The molecule has 2 N–H and O–H groups in total. The summed E-state index contributed by atoms with van der Waals surface area (Å²) in [5.74, 6) is 0.222. The Hall–Kier alpha value is -3.22. The van der Waals surface area contributed by atoms with E-state index < -0.39 is 0 Å². The fourth-order valence-electron chi connectivity index (χ4n) is 3.32. The molecule has 2 amide bonds. The summed E-state index contributed by atoms with van der Waals surface area (Å²) >= 11 is 0. The van der Waals surface area contributed by atoms with Crippen LogP contribution in [0, 0.1) is 11.3 Å². The smallest absolute Gasteiger partial charge is 0.239 e. The Balaban J connectivity index is 1.53. The number of hydrogen-bond donors (Lipinski definition) is 2. The Kier molecular flexibility index (Phi) is 7.54. The minimum absolute atomic E-state index is 0.0428. The van der Waals surface area contributed by atoms with Crippen LogP contribution in [0.4, 0.5) is 5.82 Å². The molecule has 30 heavy (non-hydrogen) atoms. The van der Waals surface area contributed by atoms with Gasteiger partial charge in [-0.3, -0.25) is 19.4 Å². The molecular weight excluding hydrogens is 382 g/mol. The number of benzene rings is 1. The van der Waals surface area contributed by atoms with Crippen molar-refractivity contribution in [2.45, 2.75) is 13.3 Å². The van der Waals surface area contributed by atoms with Crippen LogP contribution in [0.2, 0.25) is 0 Å². The first-order valence-corrected chi connectivity index (χ1v) is 10.2. The first-order valence-electron chi connectivity index (χ1n) is 10.2. The molecule has 2 aromatic rings. The third kappa shape index (κ3) is 5.65. The number of para-hydroxylation sites is 1. The van der Waals surface area contributed by atoms with Crippen molar-refractivity contribution >= 4 is 17.6 Å². The quantitative estimate of drug-likeness (QED) is 0.669. The first-order chi connectivity index (χ1) is 14.6. The number of aromatic nitrogens is 2. The van der Waals surface area contributed by atoms with E-state index >= 15 is 0 Å². The summed E-state index contributed by atoms with van der Waals surface area (Å²) in [6.07, 6.45) is 2.37. The van der Waals surface area contributed by atoms with E-state index in [1.165, 1.54) is 6.20 Å².